The number of benzene rings is 3. The van der Waals surface area contributed by atoms with E-state index in [0.29, 0.717) is 35.8 Å². The Balaban J connectivity index is 0.00000336. The summed E-state index contributed by atoms with van der Waals surface area (Å²) in [6, 6.07) is 18.3. The van der Waals surface area contributed by atoms with Crippen LogP contribution in [0.2, 0.25) is 5.02 Å². The van der Waals surface area contributed by atoms with E-state index in [0.717, 1.165) is 60.3 Å². The van der Waals surface area contributed by atoms with Gasteiger partial charge in [0.05, 0.1) is 12.2 Å². The standard InChI is InChI=1S/C31H30ClF2NO2.ClH/c32-25-10-12-29(34)28(17-25)27-4-1-3-23-16-24(31(36)37)9-11-26(23)30(27)22-7-5-20(6-8-22)15-21-18-35(19-21)14-2-13-33;/h5-12,16-17,21H,1-4,13-15,18-19H2,(H,36,37);1H. The molecule has 3 aromatic rings. The normalized spacial score (nSPS) is 15.9. The van der Waals surface area contributed by atoms with E-state index in [1.165, 1.54) is 11.6 Å². The van der Waals surface area contributed by atoms with Gasteiger partial charge < -0.3 is 10.0 Å². The summed E-state index contributed by atoms with van der Waals surface area (Å²) in [5.74, 6) is -0.697. The molecule has 5 rings (SSSR count). The highest BCUT2D eigenvalue weighted by molar-refractivity contribution is 6.30. The molecule has 0 spiro atoms. The summed E-state index contributed by atoms with van der Waals surface area (Å²) in [6.07, 6.45) is 3.72. The van der Waals surface area contributed by atoms with E-state index < -0.39 is 5.97 Å². The predicted molar refractivity (Wildman–Crippen MR) is 152 cm³/mol. The molecule has 1 fully saturated rings. The third-order valence-corrected chi connectivity index (χ3v) is 7.69. The van der Waals surface area contributed by atoms with Gasteiger partial charge in [-0.05, 0) is 102 Å². The summed E-state index contributed by atoms with van der Waals surface area (Å²) in [4.78, 5) is 13.9. The van der Waals surface area contributed by atoms with Crippen molar-refractivity contribution in [2.75, 3.05) is 26.3 Å². The molecule has 0 bridgehead atoms. The minimum absolute atomic E-state index is 0. The highest BCUT2D eigenvalue weighted by Crippen LogP contribution is 2.41. The number of hydrogen-bond acceptors (Lipinski definition) is 2. The lowest BCUT2D eigenvalue weighted by atomic mass is 9.86. The number of aromatic carboxylic acids is 1. The molecule has 1 aliphatic heterocycles. The number of allylic oxidation sites excluding steroid dienone is 1. The molecule has 0 aromatic heterocycles. The SMILES string of the molecule is Cl.O=C(O)c1ccc2c(c1)CCCC(c1cc(Cl)ccc1F)=C2c1ccc(CC2CN(CCCF)C2)cc1. The van der Waals surface area contributed by atoms with Crippen molar-refractivity contribution in [3.05, 3.63) is 105 Å². The molecule has 0 atom stereocenters. The number of fused-ring (bicyclic) bond motifs is 1. The van der Waals surface area contributed by atoms with Crippen LogP contribution in [-0.4, -0.2) is 42.3 Å². The van der Waals surface area contributed by atoms with Gasteiger partial charge in [-0.25, -0.2) is 9.18 Å². The minimum Gasteiger partial charge on any atom is -0.478 e. The molecular formula is C31H31Cl2F2NO2. The van der Waals surface area contributed by atoms with Crippen LogP contribution in [0.25, 0.3) is 11.1 Å². The molecule has 1 heterocycles. The molecule has 1 aliphatic carbocycles. The number of hydrogen-bond donors (Lipinski definition) is 1. The fourth-order valence-corrected chi connectivity index (χ4v) is 5.83. The monoisotopic (exact) mass is 557 g/mol. The Morgan fingerprint density at radius 2 is 1.76 bits per heavy atom. The first-order chi connectivity index (χ1) is 17.9. The molecule has 38 heavy (non-hydrogen) atoms. The molecular weight excluding hydrogens is 527 g/mol. The van der Waals surface area contributed by atoms with Crippen molar-refractivity contribution in [3.8, 4) is 0 Å². The Hall–Kier alpha value is -2.73. The molecule has 0 radical (unpaired) electrons. The quantitative estimate of drug-likeness (QED) is 0.308. The molecule has 0 unspecified atom stereocenters. The fraction of sp³-hybridized carbons (Fsp3) is 0.323. The van der Waals surface area contributed by atoms with E-state index in [4.69, 9.17) is 11.6 Å². The van der Waals surface area contributed by atoms with E-state index in [1.54, 1.807) is 24.3 Å². The molecule has 7 heteroatoms. The van der Waals surface area contributed by atoms with Crippen molar-refractivity contribution in [1.82, 2.24) is 4.90 Å². The van der Waals surface area contributed by atoms with Crippen LogP contribution in [-0.2, 0) is 12.8 Å². The molecule has 0 saturated carbocycles. The van der Waals surface area contributed by atoms with Crippen LogP contribution < -0.4 is 0 Å². The molecule has 200 valence electrons. The first-order valence-electron chi connectivity index (χ1n) is 12.9. The first kappa shape index (κ1) is 28.3. The maximum atomic E-state index is 15.1. The molecule has 0 amide bonds. The second-order valence-corrected chi connectivity index (χ2v) is 10.5. The Bertz CT molecular complexity index is 1330. The van der Waals surface area contributed by atoms with Crippen LogP contribution >= 0.6 is 24.0 Å². The Morgan fingerprint density at radius 3 is 2.47 bits per heavy atom. The molecule has 1 saturated heterocycles. The number of alkyl halides is 1. The summed E-state index contributed by atoms with van der Waals surface area (Å²) in [5.41, 5.74) is 6.67. The summed E-state index contributed by atoms with van der Waals surface area (Å²) < 4.78 is 27.5. The van der Waals surface area contributed by atoms with Crippen molar-refractivity contribution in [2.45, 2.75) is 32.1 Å². The second-order valence-electron chi connectivity index (χ2n) is 10.1. The van der Waals surface area contributed by atoms with Crippen molar-refractivity contribution < 1.29 is 18.7 Å². The minimum atomic E-state index is -0.956. The average Bonchev–Trinajstić information content (AvgIpc) is 3.06. The van der Waals surface area contributed by atoms with Crippen LogP contribution in [0, 0.1) is 11.7 Å². The highest BCUT2D eigenvalue weighted by atomic mass is 35.5. The predicted octanol–water partition coefficient (Wildman–Crippen LogP) is 7.73. The summed E-state index contributed by atoms with van der Waals surface area (Å²) in [5, 5.41) is 10.0. The van der Waals surface area contributed by atoms with E-state index in [1.807, 2.05) is 6.07 Å². The van der Waals surface area contributed by atoms with Gasteiger partial charge in [0, 0.05) is 30.2 Å². The van der Waals surface area contributed by atoms with Crippen molar-refractivity contribution >= 4 is 41.1 Å². The van der Waals surface area contributed by atoms with Crippen LogP contribution in [0.15, 0.2) is 60.7 Å². The van der Waals surface area contributed by atoms with Gasteiger partial charge in [0.2, 0.25) is 0 Å². The zero-order chi connectivity index (χ0) is 25.9. The van der Waals surface area contributed by atoms with Crippen LogP contribution in [0.4, 0.5) is 8.78 Å². The van der Waals surface area contributed by atoms with Crippen LogP contribution in [0.5, 0.6) is 0 Å². The van der Waals surface area contributed by atoms with Gasteiger partial charge in [0.25, 0.3) is 0 Å². The van der Waals surface area contributed by atoms with Crippen molar-refractivity contribution in [1.29, 1.82) is 0 Å². The first-order valence-corrected chi connectivity index (χ1v) is 13.2. The van der Waals surface area contributed by atoms with Gasteiger partial charge in [-0.3, -0.25) is 4.39 Å². The average molecular weight is 558 g/mol. The largest absolute Gasteiger partial charge is 0.478 e. The van der Waals surface area contributed by atoms with Crippen molar-refractivity contribution in [3.63, 3.8) is 0 Å². The van der Waals surface area contributed by atoms with E-state index in [2.05, 4.69) is 29.2 Å². The zero-order valence-corrected chi connectivity index (χ0v) is 22.6. The second kappa shape index (κ2) is 12.4. The van der Waals surface area contributed by atoms with Gasteiger partial charge in [-0.1, -0.05) is 41.9 Å². The third-order valence-electron chi connectivity index (χ3n) is 7.46. The number of carboxylic acids is 1. The van der Waals surface area contributed by atoms with Gasteiger partial charge in [0.1, 0.15) is 5.82 Å². The summed E-state index contributed by atoms with van der Waals surface area (Å²) >= 11 is 6.28. The van der Waals surface area contributed by atoms with Crippen LogP contribution in [0.1, 0.15) is 57.4 Å². The van der Waals surface area contributed by atoms with E-state index in [-0.39, 0.29) is 30.5 Å². The molecule has 1 N–H and O–H groups in total. The smallest absolute Gasteiger partial charge is 0.335 e. The van der Waals surface area contributed by atoms with E-state index >= 15 is 4.39 Å². The Labute approximate surface area is 233 Å². The Kier molecular flexibility index (Phi) is 9.24. The van der Waals surface area contributed by atoms with Gasteiger partial charge in [0.15, 0.2) is 0 Å². The van der Waals surface area contributed by atoms with Gasteiger partial charge in [-0.15, -0.1) is 12.4 Å². The van der Waals surface area contributed by atoms with E-state index in [9.17, 15) is 14.3 Å². The van der Waals surface area contributed by atoms with Crippen molar-refractivity contribution in [2.24, 2.45) is 5.92 Å². The topological polar surface area (TPSA) is 40.5 Å². The van der Waals surface area contributed by atoms with Gasteiger partial charge >= 0.3 is 5.97 Å². The number of nitrogens with zero attached hydrogens (tertiary/aromatic N) is 1. The maximum Gasteiger partial charge on any atom is 0.335 e. The Morgan fingerprint density at radius 1 is 1.00 bits per heavy atom. The number of carbonyl (C=O) groups is 1. The lowest BCUT2D eigenvalue weighted by Crippen LogP contribution is -2.47. The summed E-state index contributed by atoms with van der Waals surface area (Å²) in [6.45, 7) is 2.57. The number of carboxylic acid groups (broad SMARTS) is 1. The number of aryl methyl sites for hydroxylation is 1. The number of halogens is 4. The van der Waals surface area contributed by atoms with Gasteiger partial charge in [-0.2, -0.15) is 0 Å². The lowest BCUT2D eigenvalue weighted by Gasteiger charge is -2.39. The summed E-state index contributed by atoms with van der Waals surface area (Å²) in [7, 11) is 0. The van der Waals surface area contributed by atoms with Crippen LogP contribution in [0.3, 0.4) is 0 Å². The number of rotatable bonds is 8. The fourth-order valence-electron chi connectivity index (χ4n) is 5.66. The number of likely N-dealkylation sites (tertiary alicyclic amines) is 1. The third kappa shape index (κ3) is 6.12. The highest BCUT2D eigenvalue weighted by Gasteiger charge is 2.27. The zero-order valence-electron chi connectivity index (χ0n) is 21.1. The lowest BCUT2D eigenvalue weighted by molar-refractivity contribution is 0.0696. The molecule has 3 nitrogen and oxygen atoms in total. The molecule has 2 aliphatic rings. The molecule has 3 aromatic carbocycles. The maximum absolute atomic E-state index is 15.1.